The molecule has 3 aromatic rings. The van der Waals surface area contributed by atoms with Gasteiger partial charge in [-0.25, -0.2) is 4.39 Å². The quantitative estimate of drug-likeness (QED) is 0.461. The number of benzene rings is 2. The molecule has 0 bridgehead atoms. The van der Waals surface area contributed by atoms with Crippen molar-refractivity contribution < 1.29 is 13.9 Å². The molecule has 0 unspecified atom stereocenters. The summed E-state index contributed by atoms with van der Waals surface area (Å²) >= 11 is 6.25. The van der Waals surface area contributed by atoms with E-state index >= 15 is 0 Å². The van der Waals surface area contributed by atoms with Gasteiger partial charge in [-0.2, -0.15) is 0 Å². The summed E-state index contributed by atoms with van der Waals surface area (Å²) in [5.74, 6) is -0.364. The third kappa shape index (κ3) is 5.68. The lowest BCUT2D eigenvalue weighted by atomic mass is 10.2. The molecule has 0 fully saturated rings. The number of nitrogens with zero attached hydrogens (tertiary/aromatic N) is 2. The van der Waals surface area contributed by atoms with E-state index in [0.717, 1.165) is 17.7 Å². The molecule has 6 heteroatoms. The van der Waals surface area contributed by atoms with Gasteiger partial charge in [0.15, 0.2) is 0 Å². The van der Waals surface area contributed by atoms with Crippen LogP contribution in [0.5, 0.6) is 0 Å². The van der Waals surface area contributed by atoms with Crippen LogP contribution in [0.25, 0.3) is 0 Å². The van der Waals surface area contributed by atoms with Gasteiger partial charge in [0.05, 0.1) is 17.1 Å². The van der Waals surface area contributed by atoms with Gasteiger partial charge < -0.3 is 14.2 Å². The standard InChI is InChI=1S/C23H24ClFN2O2/c1-29-15-5-14-27(23(28)21-7-2-3-8-22(21)24)17-20-6-4-13-26(20)16-18-9-11-19(25)12-10-18/h2-4,6-13H,5,14-17H2,1H3. The minimum atomic E-state index is -0.254. The van der Waals surface area contributed by atoms with Gasteiger partial charge in [0.25, 0.3) is 5.91 Å². The van der Waals surface area contributed by atoms with Crippen molar-refractivity contribution in [3.63, 3.8) is 0 Å². The third-order valence-electron chi connectivity index (χ3n) is 4.71. The minimum absolute atomic E-state index is 0.110. The Bertz CT molecular complexity index is 940. The molecular weight excluding hydrogens is 391 g/mol. The number of hydrogen-bond donors (Lipinski definition) is 0. The fraction of sp³-hybridized carbons (Fsp3) is 0.261. The van der Waals surface area contributed by atoms with Crippen LogP contribution in [-0.2, 0) is 17.8 Å². The molecule has 0 radical (unpaired) electrons. The maximum absolute atomic E-state index is 13.2. The molecule has 0 N–H and O–H groups in total. The average Bonchev–Trinajstić information content (AvgIpc) is 3.15. The monoisotopic (exact) mass is 414 g/mol. The average molecular weight is 415 g/mol. The van der Waals surface area contributed by atoms with Gasteiger partial charge in [-0.05, 0) is 48.4 Å². The highest BCUT2D eigenvalue weighted by atomic mass is 35.5. The number of carbonyl (C=O) groups excluding carboxylic acids is 1. The number of halogens is 2. The summed E-state index contributed by atoms with van der Waals surface area (Å²) in [6, 6.07) is 17.5. The molecule has 4 nitrogen and oxygen atoms in total. The first-order valence-electron chi connectivity index (χ1n) is 9.49. The van der Waals surface area contributed by atoms with E-state index in [9.17, 15) is 9.18 Å². The Morgan fingerprint density at radius 1 is 1.10 bits per heavy atom. The van der Waals surface area contributed by atoms with Crippen molar-refractivity contribution in [2.45, 2.75) is 19.5 Å². The number of ether oxygens (including phenoxy) is 1. The molecule has 152 valence electrons. The zero-order valence-corrected chi connectivity index (χ0v) is 17.1. The SMILES string of the molecule is COCCCN(Cc1cccn1Cc1ccc(F)cc1)C(=O)c1ccccc1Cl. The molecule has 0 atom stereocenters. The Morgan fingerprint density at radius 3 is 2.59 bits per heavy atom. The molecule has 1 aromatic heterocycles. The largest absolute Gasteiger partial charge is 0.385 e. The Morgan fingerprint density at radius 2 is 1.86 bits per heavy atom. The van der Waals surface area contributed by atoms with Crippen LogP contribution in [0.15, 0.2) is 66.9 Å². The molecule has 0 saturated heterocycles. The van der Waals surface area contributed by atoms with Crippen molar-refractivity contribution in [3.8, 4) is 0 Å². The lowest BCUT2D eigenvalue weighted by molar-refractivity contribution is 0.0720. The molecule has 29 heavy (non-hydrogen) atoms. The van der Waals surface area contributed by atoms with E-state index in [2.05, 4.69) is 4.57 Å². The van der Waals surface area contributed by atoms with Gasteiger partial charge in [-0.15, -0.1) is 0 Å². The minimum Gasteiger partial charge on any atom is -0.385 e. The predicted molar refractivity (Wildman–Crippen MR) is 113 cm³/mol. The van der Waals surface area contributed by atoms with E-state index in [-0.39, 0.29) is 11.7 Å². The van der Waals surface area contributed by atoms with Crippen molar-refractivity contribution >= 4 is 17.5 Å². The zero-order valence-electron chi connectivity index (χ0n) is 16.4. The molecule has 3 rings (SSSR count). The lowest BCUT2D eigenvalue weighted by Gasteiger charge is -2.24. The van der Waals surface area contributed by atoms with E-state index in [4.69, 9.17) is 16.3 Å². The first-order valence-corrected chi connectivity index (χ1v) is 9.87. The van der Waals surface area contributed by atoms with Crippen LogP contribution in [0, 0.1) is 5.82 Å². The van der Waals surface area contributed by atoms with Gasteiger partial charge in [0, 0.05) is 38.7 Å². The second kappa shape index (κ2) is 10.2. The Kier molecular flexibility index (Phi) is 7.44. The van der Waals surface area contributed by atoms with Crippen LogP contribution in [0.2, 0.25) is 5.02 Å². The van der Waals surface area contributed by atoms with Crippen molar-refractivity contribution in [3.05, 3.63) is 94.5 Å². The highest BCUT2D eigenvalue weighted by Crippen LogP contribution is 2.19. The molecule has 1 amide bonds. The van der Waals surface area contributed by atoms with E-state index in [1.807, 2.05) is 30.5 Å². The van der Waals surface area contributed by atoms with Gasteiger partial charge in [0.2, 0.25) is 0 Å². The molecular formula is C23H24ClFN2O2. The Hall–Kier alpha value is -2.63. The maximum atomic E-state index is 13.2. The topological polar surface area (TPSA) is 34.5 Å². The summed E-state index contributed by atoms with van der Waals surface area (Å²) < 4.78 is 20.4. The highest BCUT2D eigenvalue weighted by molar-refractivity contribution is 6.33. The number of aromatic nitrogens is 1. The normalized spacial score (nSPS) is 10.9. The Balaban J connectivity index is 1.79. The smallest absolute Gasteiger partial charge is 0.255 e. The first kappa shape index (κ1) is 21.1. The van der Waals surface area contributed by atoms with Crippen molar-refractivity contribution in [1.29, 1.82) is 0 Å². The predicted octanol–water partition coefficient (Wildman–Crippen LogP) is 5.01. The number of methoxy groups -OCH3 is 1. The number of carbonyl (C=O) groups is 1. The molecule has 2 aromatic carbocycles. The van der Waals surface area contributed by atoms with Crippen LogP contribution in [0.1, 0.15) is 28.0 Å². The fourth-order valence-corrected chi connectivity index (χ4v) is 3.40. The summed E-state index contributed by atoms with van der Waals surface area (Å²) in [6.45, 7) is 2.18. The first-order chi connectivity index (χ1) is 14.1. The number of amides is 1. The molecule has 0 aliphatic carbocycles. The molecule has 0 saturated carbocycles. The summed E-state index contributed by atoms with van der Waals surface area (Å²) in [6.07, 6.45) is 2.69. The highest BCUT2D eigenvalue weighted by Gasteiger charge is 2.19. The zero-order chi connectivity index (χ0) is 20.6. The van der Waals surface area contributed by atoms with Gasteiger partial charge >= 0.3 is 0 Å². The second-order valence-electron chi connectivity index (χ2n) is 6.81. The van der Waals surface area contributed by atoms with Gasteiger partial charge in [-0.3, -0.25) is 4.79 Å². The summed E-state index contributed by atoms with van der Waals surface area (Å²) in [5.41, 5.74) is 2.47. The van der Waals surface area contributed by atoms with Crippen LogP contribution in [-0.4, -0.2) is 35.6 Å². The van der Waals surface area contributed by atoms with E-state index < -0.39 is 0 Å². The molecule has 0 aliphatic rings. The number of hydrogen-bond acceptors (Lipinski definition) is 2. The molecule has 0 spiro atoms. The van der Waals surface area contributed by atoms with Crippen molar-refractivity contribution in [2.75, 3.05) is 20.3 Å². The van der Waals surface area contributed by atoms with Crippen LogP contribution in [0.3, 0.4) is 0 Å². The van der Waals surface area contributed by atoms with Gasteiger partial charge in [0.1, 0.15) is 5.82 Å². The van der Waals surface area contributed by atoms with E-state index in [1.165, 1.54) is 12.1 Å². The van der Waals surface area contributed by atoms with Crippen LogP contribution >= 0.6 is 11.6 Å². The summed E-state index contributed by atoms with van der Waals surface area (Å²) in [5, 5.41) is 0.441. The summed E-state index contributed by atoms with van der Waals surface area (Å²) in [4.78, 5) is 14.9. The van der Waals surface area contributed by atoms with Crippen molar-refractivity contribution in [1.82, 2.24) is 9.47 Å². The Labute approximate surface area is 175 Å². The lowest BCUT2D eigenvalue weighted by Crippen LogP contribution is -2.33. The van der Waals surface area contributed by atoms with Crippen molar-refractivity contribution in [2.24, 2.45) is 0 Å². The molecule has 1 heterocycles. The number of rotatable bonds is 9. The fourth-order valence-electron chi connectivity index (χ4n) is 3.19. The van der Waals surface area contributed by atoms with E-state index in [1.54, 1.807) is 36.3 Å². The summed E-state index contributed by atoms with van der Waals surface area (Å²) in [7, 11) is 1.65. The molecule has 0 aliphatic heterocycles. The van der Waals surface area contributed by atoms with Crippen LogP contribution < -0.4 is 0 Å². The van der Waals surface area contributed by atoms with E-state index in [0.29, 0.717) is 36.8 Å². The maximum Gasteiger partial charge on any atom is 0.255 e. The third-order valence-corrected chi connectivity index (χ3v) is 5.04. The second-order valence-corrected chi connectivity index (χ2v) is 7.21. The van der Waals surface area contributed by atoms with Crippen LogP contribution in [0.4, 0.5) is 4.39 Å². The van der Waals surface area contributed by atoms with Gasteiger partial charge in [-0.1, -0.05) is 35.9 Å².